The van der Waals surface area contributed by atoms with Crippen molar-refractivity contribution < 1.29 is 14.6 Å². The van der Waals surface area contributed by atoms with Gasteiger partial charge in [-0.3, -0.25) is 4.79 Å². The van der Waals surface area contributed by atoms with Crippen molar-refractivity contribution >= 4 is 35.2 Å². The predicted molar refractivity (Wildman–Crippen MR) is 67.9 cm³/mol. The maximum Gasteiger partial charge on any atom is 0.308 e. The zero-order valence-corrected chi connectivity index (χ0v) is 10.7. The highest BCUT2D eigenvalue weighted by molar-refractivity contribution is 6.32. The molecule has 17 heavy (non-hydrogen) atoms. The summed E-state index contributed by atoms with van der Waals surface area (Å²) in [5.41, 5.74) is 0.795. The van der Waals surface area contributed by atoms with Crippen molar-refractivity contribution in [2.75, 3.05) is 7.11 Å². The van der Waals surface area contributed by atoms with Crippen LogP contribution in [0.4, 0.5) is 0 Å². The van der Waals surface area contributed by atoms with Gasteiger partial charge in [0.2, 0.25) is 0 Å². The van der Waals surface area contributed by atoms with E-state index in [1.807, 2.05) is 0 Å². The van der Waals surface area contributed by atoms with E-state index in [0.29, 0.717) is 5.02 Å². The molecule has 0 fully saturated rings. The van der Waals surface area contributed by atoms with Crippen LogP contribution in [0.1, 0.15) is 12.0 Å². The number of halogens is 2. The molecule has 92 valence electrons. The van der Waals surface area contributed by atoms with Gasteiger partial charge in [-0.05, 0) is 23.8 Å². The third kappa shape index (κ3) is 4.77. The molecule has 0 heterocycles. The Morgan fingerprint density at radius 2 is 2.06 bits per heavy atom. The number of hydrogen-bond acceptors (Lipinski definition) is 3. The predicted octanol–water partition coefficient (Wildman–Crippen LogP) is 2.84. The molecule has 1 unspecified atom stereocenters. The third-order valence-electron chi connectivity index (χ3n) is 2.08. The summed E-state index contributed by atoms with van der Waals surface area (Å²) in [7, 11) is 1.26. The fourth-order valence-electron chi connectivity index (χ4n) is 1.15. The van der Waals surface area contributed by atoms with Gasteiger partial charge in [-0.15, -0.1) is 0 Å². The van der Waals surface area contributed by atoms with Gasteiger partial charge in [0.1, 0.15) is 0 Å². The van der Waals surface area contributed by atoms with E-state index in [1.54, 1.807) is 30.3 Å². The molecule has 0 aliphatic carbocycles. The Kier molecular flexibility index (Phi) is 5.48. The van der Waals surface area contributed by atoms with Gasteiger partial charge in [-0.25, -0.2) is 0 Å². The van der Waals surface area contributed by atoms with Crippen LogP contribution < -0.4 is 0 Å². The molecule has 1 rings (SSSR count). The lowest BCUT2D eigenvalue weighted by Crippen LogP contribution is -2.14. The Hall–Kier alpha value is -1.03. The van der Waals surface area contributed by atoms with Crippen LogP contribution in [-0.2, 0) is 9.53 Å². The van der Waals surface area contributed by atoms with E-state index in [2.05, 4.69) is 4.74 Å². The van der Waals surface area contributed by atoms with E-state index in [1.165, 1.54) is 7.11 Å². The molecule has 0 aliphatic rings. The first-order valence-corrected chi connectivity index (χ1v) is 5.66. The average Bonchev–Trinajstić information content (AvgIpc) is 2.31. The van der Waals surface area contributed by atoms with E-state index in [4.69, 9.17) is 23.2 Å². The molecule has 0 amide bonds. The summed E-state index contributed by atoms with van der Waals surface area (Å²) < 4.78 is 4.43. The number of rotatable bonds is 4. The molecule has 0 bridgehead atoms. The Morgan fingerprint density at radius 3 is 2.59 bits per heavy atom. The summed E-state index contributed by atoms with van der Waals surface area (Å²) in [6.07, 6.45) is 0.352. The minimum absolute atomic E-state index is 0.167. The van der Waals surface area contributed by atoms with E-state index in [0.717, 1.165) is 5.56 Å². The third-order valence-corrected chi connectivity index (χ3v) is 2.69. The first kappa shape index (κ1) is 14.0. The number of ether oxygens (including phenoxy) is 1. The monoisotopic (exact) mass is 274 g/mol. The lowest BCUT2D eigenvalue weighted by atomic mass is 10.1. The summed E-state index contributed by atoms with van der Waals surface area (Å²) in [5.74, 6) is -0.514. The maximum absolute atomic E-state index is 10.9. The summed E-state index contributed by atoms with van der Waals surface area (Å²) in [4.78, 5) is 10.9. The van der Waals surface area contributed by atoms with Crippen molar-refractivity contribution in [3.8, 4) is 0 Å². The lowest BCUT2D eigenvalue weighted by Gasteiger charge is -2.07. The second kappa shape index (κ2) is 6.64. The minimum Gasteiger partial charge on any atom is -0.469 e. The number of aliphatic hydroxyl groups excluding tert-OH is 1. The van der Waals surface area contributed by atoms with Crippen molar-refractivity contribution in [3.63, 3.8) is 0 Å². The number of methoxy groups -OCH3 is 1. The van der Waals surface area contributed by atoms with E-state index in [9.17, 15) is 9.90 Å². The van der Waals surface area contributed by atoms with Gasteiger partial charge >= 0.3 is 5.97 Å². The number of aliphatic hydroxyl groups is 1. The Morgan fingerprint density at radius 1 is 1.47 bits per heavy atom. The van der Waals surface area contributed by atoms with Crippen molar-refractivity contribution in [1.82, 2.24) is 0 Å². The topological polar surface area (TPSA) is 46.5 Å². The van der Waals surface area contributed by atoms with Crippen LogP contribution in [0.25, 0.3) is 6.08 Å². The standard InChI is InChI=1S/C12H12Cl2O3/c1-17-12(16)7-11(15)10(14)6-8-2-4-9(13)5-3-8/h2-6,11,15H,7H2,1H3/b10-6-. The Bertz CT molecular complexity index is 412. The molecule has 0 saturated carbocycles. The van der Waals surface area contributed by atoms with Crippen LogP contribution in [0, 0.1) is 0 Å². The summed E-state index contributed by atoms with van der Waals surface area (Å²) in [5, 5.41) is 10.4. The SMILES string of the molecule is COC(=O)CC(O)/C(Cl)=C/c1ccc(Cl)cc1. The van der Waals surface area contributed by atoms with E-state index < -0.39 is 12.1 Å². The highest BCUT2D eigenvalue weighted by Crippen LogP contribution is 2.18. The highest BCUT2D eigenvalue weighted by Gasteiger charge is 2.14. The molecule has 0 aliphatic heterocycles. The first-order valence-electron chi connectivity index (χ1n) is 4.90. The Labute approximate surface area is 110 Å². The number of hydrogen-bond donors (Lipinski definition) is 1. The summed E-state index contributed by atoms with van der Waals surface area (Å²) in [6, 6.07) is 6.94. The second-order valence-electron chi connectivity index (χ2n) is 3.38. The summed E-state index contributed by atoms with van der Waals surface area (Å²) >= 11 is 11.6. The van der Waals surface area contributed by atoms with Crippen LogP contribution in [0.15, 0.2) is 29.3 Å². The van der Waals surface area contributed by atoms with Gasteiger partial charge in [0.15, 0.2) is 0 Å². The van der Waals surface area contributed by atoms with Crippen molar-refractivity contribution in [2.24, 2.45) is 0 Å². The molecule has 5 heteroatoms. The van der Waals surface area contributed by atoms with Crippen LogP contribution in [0.3, 0.4) is 0 Å². The fraction of sp³-hybridized carbons (Fsp3) is 0.250. The molecule has 1 aromatic rings. The number of esters is 1. The average molecular weight is 275 g/mol. The van der Waals surface area contributed by atoms with E-state index >= 15 is 0 Å². The number of carbonyl (C=O) groups excluding carboxylic acids is 1. The molecule has 1 aromatic carbocycles. The van der Waals surface area contributed by atoms with Crippen LogP contribution in [0.5, 0.6) is 0 Å². The van der Waals surface area contributed by atoms with Crippen LogP contribution in [-0.4, -0.2) is 24.3 Å². The Balaban J connectivity index is 2.71. The van der Waals surface area contributed by atoms with Crippen molar-refractivity contribution in [3.05, 3.63) is 39.9 Å². The summed E-state index contributed by atoms with van der Waals surface area (Å²) in [6.45, 7) is 0. The van der Waals surface area contributed by atoms with Crippen LogP contribution >= 0.6 is 23.2 Å². The minimum atomic E-state index is -1.06. The van der Waals surface area contributed by atoms with Crippen LogP contribution in [0.2, 0.25) is 5.02 Å². The van der Waals surface area contributed by atoms with Gasteiger partial charge < -0.3 is 9.84 Å². The van der Waals surface area contributed by atoms with E-state index in [-0.39, 0.29) is 11.5 Å². The van der Waals surface area contributed by atoms with Gasteiger partial charge in [0, 0.05) is 10.1 Å². The molecular weight excluding hydrogens is 263 g/mol. The first-order chi connectivity index (χ1) is 8.02. The van der Waals surface area contributed by atoms with Crippen molar-refractivity contribution in [2.45, 2.75) is 12.5 Å². The molecule has 0 aromatic heterocycles. The molecule has 3 nitrogen and oxygen atoms in total. The second-order valence-corrected chi connectivity index (χ2v) is 4.25. The van der Waals surface area contributed by atoms with Gasteiger partial charge in [-0.2, -0.15) is 0 Å². The smallest absolute Gasteiger partial charge is 0.308 e. The normalized spacial score (nSPS) is 13.3. The molecule has 0 spiro atoms. The van der Waals surface area contributed by atoms with Gasteiger partial charge in [0.05, 0.1) is 19.6 Å². The van der Waals surface area contributed by atoms with Gasteiger partial charge in [-0.1, -0.05) is 35.3 Å². The van der Waals surface area contributed by atoms with Crippen molar-refractivity contribution in [1.29, 1.82) is 0 Å². The fourth-order valence-corrected chi connectivity index (χ4v) is 1.48. The molecule has 1 N–H and O–H groups in total. The zero-order valence-electron chi connectivity index (χ0n) is 9.19. The highest BCUT2D eigenvalue weighted by atomic mass is 35.5. The molecule has 0 saturated heterocycles. The quantitative estimate of drug-likeness (QED) is 0.859. The lowest BCUT2D eigenvalue weighted by molar-refractivity contribution is -0.142. The zero-order chi connectivity index (χ0) is 12.8. The maximum atomic E-state index is 10.9. The largest absolute Gasteiger partial charge is 0.469 e. The molecular formula is C12H12Cl2O3. The number of benzene rings is 1. The molecule has 1 atom stereocenters. The van der Waals surface area contributed by atoms with Gasteiger partial charge in [0.25, 0.3) is 0 Å². The number of carbonyl (C=O) groups is 1. The molecule has 0 radical (unpaired) electrons.